The van der Waals surface area contributed by atoms with Crippen molar-refractivity contribution in [3.8, 4) is 12.3 Å². The smallest absolute Gasteiger partial charge is 0.0658 e. The Morgan fingerprint density at radius 2 is 1.48 bits per heavy atom. The Morgan fingerprint density at radius 3 is 1.90 bits per heavy atom. The normalized spacial score (nSPS) is 10.2. The van der Waals surface area contributed by atoms with Gasteiger partial charge in [-0.2, -0.15) is 0 Å². The molecule has 0 spiro atoms. The maximum Gasteiger partial charge on any atom is 0.0658 e. The summed E-state index contributed by atoms with van der Waals surface area (Å²) in [7, 11) is 0. The second-order valence-corrected chi connectivity index (χ2v) is 9.81. The number of rotatable bonds is 9. The van der Waals surface area contributed by atoms with Gasteiger partial charge in [-0.25, -0.2) is 0 Å². The molecule has 3 rings (SSSR count). The number of hydrogen-bond donors (Lipinski definition) is 0. The van der Waals surface area contributed by atoms with Crippen molar-refractivity contribution in [1.82, 2.24) is 4.98 Å². The van der Waals surface area contributed by atoms with Gasteiger partial charge in [-0.15, -0.1) is 18.7 Å². The molecule has 0 bridgehead atoms. The Balaban J connectivity index is 0.000000636. The summed E-state index contributed by atoms with van der Waals surface area (Å²) in [5.41, 5.74) is 11.0. The fraction of sp³-hybridized carbons (Fsp3) is 0.268. The number of aryl methyl sites for hydroxylation is 1. The summed E-state index contributed by atoms with van der Waals surface area (Å²) in [6, 6.07) is 24.0. The predicted molar refractivity (Wildman–Crippen MR) is 189 cm³/mol. The minimum absolute atomic E-state index is 0.627. The van der Waals surface area contributed by atoms with Crippen molar-refractivity contribution in [1.29, 1.82) is 0 Å². The number of aromatic nitrogens is 1. The van der Waals surface area contributed by atoms with Gasteiger partial charge in [0.05, 0.1) is 5.69 Å². The van der Waals surface area contributed by atoms with Crippen LogP contribution in [0, 0.1) is 25.2 Å². The second kappa shape index (κ2) is 24.4. The molecule has 1 heteroatoms. The molecule has 220 valence electrons. The molecular weight excluding hydrogens is 506 g/mol. The maximum absolute atomic E-state index is 5.10. The van der Waals surface area contributed by atoms with E-state index >= 15 is 0 Å². The van der Waals surface area contributed by atoms with Crippen molar-refractivity contribution < 1.29 is 0 Å². The van der Waals surface area contributed by atoms with Crippen molar-refractivity contribution in [3.05, 3.63) is 157 Å². The summed E-state index contributed by atoms with van der Waals surface area (Å²) in [5.74, 6) is 3.15. The van der Waals surface area contributed by atoms with Crippen LogP contribution in [0.5, 0.6) is 0 Å². The molecule has 1 heterocycles. The van der Waals surface area contributed by atoms with Gasteiger partial charge in [-0.1, -0.05) is 124 Å². The topological polar surface area (TPSA) is 12.9 Å². The lowest BCUT2D eigenvalue weighted by Crippen LogP contribution is -2.03. The Kier molecular flexibility index (Phi) is 21.9. The Bertz CT molecular complexity index is 1290. The van der Waals surface area contributed by atoms with E-state index in [2.05, 4.69) is 107 Å². The molecule has 3 aromatic rings. The van der Waals surface area contributed by atoms with Crippen molar-refractivity contribution in [2.24, 2.45) is 5.92 Å². The highest BCUT2D eigenvalue weighted by molar-refractivity contribution is 5.64. The van der Waals surface area contributed by atoms with Crippen LogP contribution in [0.25, 0.3) is 11.1 Å². The molecule has 0 radical (unpaired) electrons. The molecule has 2 aromatic carbocycles. The van der Waals surface area contributed by atoms with Crippen LogP contribution < -0.4 is 0 Å². The van der Waals surface area contributed by atoms with Gasteiger partial charge in [0, 0.05) is 11.8 Å². The number of nitrogens with zero attached hydrogens (tertiary/aromatic N) is 1. The van der Waals surface area contributed by atoms with E-state index in [1.54, 1.807) is 6.08 Å². The third kappa shape index (κ3) is 16.7. The summed E-state index contributed by atoms with van der Waals surface area (Å²) in [6.07, 6.45) is 19.9. The van der Waals surface area contributed by atoms with Crippen LogP contribution in [0.15, 0.2) is 134 Å². The Labute approximate surface area is 257 Å². The molecule has 0 saturated carbocycles. The fourth-order valence-electron chi connectivity index (χ4n) is 3.97. The Hall–Kier alpha value is -4.37. The van der Waals surface area contributed by atoms with Crippen LogP contribution in [0.3, 0.4) is 0 Å². The van der Waals surface area contributed by atoms with Gasteiger partial charge in [-0.05, 0) is 93.0 Å². The standard InChI is InChI=1S/C19H27N.C11H12.C8H6.C3H6/c1-5-10-17(11-6-2)18(12-7-3)15-16(4)19-13-8-9-14-20-19;1-4-10(3)11-7-5-9(2)6-8-11;1-2-8-6-4-3-5-7-8;1-3-2/h7-9,12-15,17H,3,5-6,10-11H2,1-2,4H3;5-8H,1H2,2-3H3;1,3-7H;3H,1H2,2H3/b16-15+,18-12+;;;. The van der Waals surface area contributed by atoms with Gasteiger partial charge in [0.25, 0.3) is 0 Å². The lowest BCUT2D eigenvalue weighted by Gasteiger charge is -2.17. The van der Waals surface area contributed by atoms with Crippen LogP contribution >= 0.6 is 0 Å². The van der Waals surface area contributed by atoms with E-state index in [0.717, 1.165) is 16.8 Å². The molecule has 0 aliphatic heterocycles. The van der Waals surface area contributed by atoms with E-state index in [4.69, 9.17) is 6.42 Å². The van der Waals surface area contributed by atoms with Gasteiger partial charge in [-0.3, -0.25) is 4.98 Å². The molecule has 0 aliphatic carbocycles. The number of hydrogen-bond acceptors (Lipinski definition) is 1. The predicted octanol–water partition coefficient (Wildman–Crippen LogP) is 11.9. The highest BCUT2D eigenvalue weighted by atomic mass is 14.7. The molecule has 0 fully saturated rings. The van der Waals surface area contributed by atoms with Crippen molar-refractivity contribution in [2.75, 3.05) is 0 Å². The van der Waals surface area contributed by atoms with Gasteiger partial charge in [0.1, 0.15) is 0 Å². The summed E-state index contributed by atoms with van der Waals surface area (Å²) < 4.78 is 0. The number of benzene rings is 2. The molecule has 1 nitrogen and oxygen atoms in total. The average Bonchev–Trinajstić information content (AvgIpc) is 3.02. The van der Waals surface area contributed by atoms with Gasteiger partial charge < -0.3 is 0 Å². The first-order valence-corrected chi connectivity index (χ1v) is 14.8. The highest BCUT2D eigenvalue weighted by Crippen LogP contribution is 2.26. The zero-order chi connectivity index (χ0) is 31.6. The zero-order valence-electron chi connectivity index (χ0n) is 26.9. The number of pyridine rings is 1. The maximum atomic E-state index is 5.10. The number of allylic oxidation sites excluding steroid dienone is 7. The highest BCUT2D eigenvalue weighted by Gasteiger charge is 2.11. The lowest BCUT2D eigenvalue weighted by atomic mass is 9.88. The van der Waals surface area contributed by atoms with Crippen molar-refractivity contribution >= 4 is 11.1 Å². The van der Waals surface area contributed by atoms with Crippen molar-refractivity contribution in [3.63, 3.8) is 0 Å². The summed E-state index contributed by atoms with van der Waals surface area (Å²) in [4.78, 5) is 4.42. The quantitative estimate of drug-likeness (QED) is 0.110. The van der Waals surface area contributed by atoms with Crippen LogP contribution in [0.4, 0.5) is 0 Å². The van der Waals surface area contributed by atoms with Crippen LogP contribution in [-0.4, -0.2) is 4.98 Å². The van der Waals surface area contributed by atoms with E-state index in [1.807, 2.05) is 68.6 Å². The minimum atomic E-state index is 0.627. The van der Waals surface area contributed by atoms with E-state index in [9.17, 15) is 0 Å². The first-order valence-electron chi connectivity index (χ1n) is 14.8. The monoisotopic (exact) mass is 557 g/mol. The van der Waals surface area contributed by atoms with Gasteiger partial charge in [0.15, 0.2) is 0 Å². The Morgan fingerprint density at radius 1 is 0.905 bits per heavy atom. The van der Waals surface area contributed by atoms with E-state index < -0.39 is 0 Å². The van der Waals surface area contributed by atoms with Gasteiger partial charge in [0.2, 0.25) is 0 Å². The first kappa shape index (κ1) is 37.6. The third-order valence-corrected chi connectivity index (χ3v) is 6.20. The van der Waals surface area contributed by atoms with Gasteiger partial charge >= 0.3 is 0 Å². The van der Waals surface area contributed by atoms with Crippen LogP contribution in [0.1, 0.15) is 82.7 Å². The summed E-state index contributed by atoms with van der Waals surface area (Å²) in [5, 5.41) is 0. The summed E-state index contributed by atoms with van der Waals surface area (Å²) >= 11 is 0. The zero-order valence-corrected chi connectivity index (χ0v) is 26.9. The molecule has 1 aromatic heterocycles. The van der Waals surface area contributed by atoms with E-state index in [-0.39, 0.29) is 0 Å². The molecule has 0 atom stereocenters. The van der Waals surface area contributed by atoms with Crippen molar-refractivity contribution in [2.45, 2.75) is 67.2 Å². The molecule has 42 heavy (non-hydrogen) atoms. The molecule has 0 aliphatic rings. The fourth-order valence-corrected chi connectivity index (χ4v) is 3.97. The molecule has 0 saturated heterocycles. The molecule has 0 N–H and O–H groups in total. The van der Waals surface area contributed by atoms with Crippen LogP contribution in [-0.2, 0) is 0 Å². The third-order valence-electron chi connectivity index (χ3n) is 6.20. The van der Waals surface area contributed by atoms with E-state index in [1.165, 1.54) is 48.0 Å². The lowest BCUT2D eigenvalue weighted by molar-refractivity contribution is 0.512. The second-order valence-electron chi connectivity index (χ2n) is 9.81. The molecular formula is C41H51N. The largest absolute Gasteiger partial charge is 0.257 e. The average molecular weight is 558 g/mol. The SMILES string of the molecule is C#Cc1ccccc1.C=C/C=C(\C=C(/C)c1ccccn1)C(CCC)CCC.C=C=C(C)c1ccc(C)cc1.C=CC. The number of terminal acetylenes is 1. The molecule has 0 amide bonds. The molecule has 0 unspecified atom stereocenters. The van der Waals surface area contributed by atoms with E-state index in [0.29, 0.717) is 5.92 Å². The first-order chi connectivity index (χ1) is 20.3. The minimum Gasteiger partial charge on any atom is -0.257 e. The van der Waals surface area contributed by atoms with Crippen LogP contribution in [0.2, 0.25) is 0 Å². The summed E-state index contributed by atoms with van der Waals surface area (Å²) in [6.45, 7) is 23.4.